The number of nitrogens with zero attached hydrogens (tertiary/aromatic N) is 1. The molecule has 1 heterocycles. The van der Waals surface area contributed by atoms with Gasteiger partial charge in [0.05, 0.1) is 17.2 Å². The van der Waals surface area contributed by atoms with Gasteiger partial charge in [0.2, 0.25) is 0 Å². The summed E-state index contributed by atoms with van der Waals surface area (Å²) in [7, 11) is 0. The van der Waals surface area contributed by atoms with E-state index in [0.29, 0.717) is 22.4 Å². The first-order valence-electron chi connectivity index (χ1n) is 8.86. The van der Waals surface area contributed by atoms with Crippen LogP contribution < -0.4 is 10.1 Å². The van der Waals surface area contributed by atoms with Crippen LogP contribution in [0.5, 0.6) is 11.5 Å². The van der Waals surface area contributed by atoms with Crippen molar-refractivity contribution in [1.29, 1.82) is 0 Å². The number of hydrogen-bond acceptors (Lipinski definition) is 5. The van der Waals surface area contributed by atoms with E-state index in [0.717, 1.165) is 22.0 Å². The lowest BCUT2D eigenvalue weighted by Gasteiger charge is -2.06. The molecule has 0 aliphatic carbocycles. The number of ether oxygens (including phenoxy) is 1. The Kier molecular flexibility index (Phi) is 5.04. The average Bonchev–Trinajstić information content (AvgIpc) is 3.03. The second kappa shape index (κ2) is 7.78. The van der Waals surface area contributed by atoms with Gasteiger partial charge >= 0.3 is 0 Å². The van der Waals surface area contributed by atoms with Crippen LogP contribution in [0.4, 0.5) is 5.69 Å². The molecule has 0 bridgehead atoms. The number of nitrogens with one attached hydrogen (secondary N) is 1. The fourth-order valence-corrected chi connectivity index (χ4v) is 3.73. The Morgan fingerprint density at radius 1 is 1.11 bits per heavy atom. The minimum atomic E-state index is -0.199. The molecule has 0 spiro atoms. The third-order valence-electron chi connectivity index (χ3n) is 4.20. The summed E-state index contributed by atoms with van der Waals surface area (Å²) < 4.78 is 5.39. The number of phenolic OH excluding ortho intramolecular Hbond substituents is 1. The van der Waals surface area contributed by atoms with Crippen molar-refractivity contribution < 1.29 is 14.6 Å². The van der Waals surface area contributed by atoms with Crippen LogP contribution in [0, 0.1) is 0 Å². The van der Waals surface area contributed by atoms with E-state index in [-0.39, 0.29) is 11.7 Å². The lowest BCUT2D eigenvalue weighted by atomic mass is 10.1. The number of phenols is 1. The van der Waals surface area contributed by atoms with Crippen LogP contribution in [0.25, 0.3) is 16.8 Å². The lowest BCUT2D eigenvalue weighted by Crippen LogP contribution is -2.19. The smallest absolute Gasteiger partial charge is 0.264 e. The van der Waals surface area contributed by atoms with Crippen molar-refractivity contribution >= 4 is 45.4 Å². The molecule has 28 heavy (non-hydrogen) atoms. The van der Waals surface area contributed by atoms with E-state index in [2.05, 4.69) is 10.3 Å². The molecule has 0 saturated carbocycles. The van der Waals surface area contributed by atoms with E-state index < -0.39 is 0 Å². The van der Waals surface area contributed by atoms with Gasteiger partial charge in [-0.15, -0.1) is 0 Å². The van der Waals surface area contributed by atoms with Gasteiger partial charge in [0.1, 0.15) is 0 Å². The summed E-state index contributed by atoms with van der Waals surface area (Å²) in [4.78, 5) is 17.4. The molecule has 6 heteroatoms. The summed E-state index contributed by atoms with van der Waals surface area (Å²) >= 11 is 1.28. The molecular formula is C22H18N2O3S. The number of aromatic hydroxyl groups is 1. The summed E-state index contributed by atoms with van der Waals surface area (Å²) in [5.41, 5.74) is 1.55. The van der Waals surface area contributed by atoms with Crippen LogP contribution in [-0.2, 0) is 4.79 Å². The van der Waals surface area contributed by atoms with Crippen LogP contribution in [0.3, 0.4) is 0 Å². The largest absolute Gasteiger partial charge is 0.504 e. The van der Waals surface area contributed by atoms with E-state index in [4.69, 9.17) is 4.74 Å². The van der Waals surface area contributed by atoms with Crippen molar-refractivity contribution in [3.63, 3.8) is 0 Å². The quantitative estimate of drug-likeness (QED) is 0.626. The van der Waals surface area contributed by atoms with Gasteiger partial charge in [-0.2, -0.15) is 0 Å². The van der Waals surface area contributed by atoms with Crippen molar-refractivity contribution in [1.82, 2.24) is 5.32 Å². The van der Waals surface area contributed by atoms with Gasteiger partial charge in [-0.05, 0) is 65.4 Å². The Morgan fingerprint density at radius 3 is 2.75 bits per heavy atom. The molecule has 1 amide bonds. The summed E-state index contributed by atoms with van der Waals surface area (Å²) in [5, 5.41) is 15.4. The molecule has 1 fully saturated rings. The summed E-state index contributed by atoms with van der Waals surface area (Å²) in [6.45, 7) is 2.30. The van der Waals surface area contributed by atoms with E-state index in [1.165, 1.54) is 11.8 Å². The van der Waals surface area contributed by atoms with Gasteiger partial charge in [0.15, 0.2) is 16.7 Å². The number of thioether (sulfide) groups is 1. The molecule has 1 saturated heterocycles. The number of fused-ring (bicyclic) bond motifs is 1. The third-order valence-corrected chi connectivity index (χ3v) is 5.11. The molecule has 1 aliphatic rings. The van der Waals surface area contributed by atoms with Crippen molar-refractivity contribution in [3.05, 3.63) is 71.1 Å². The van der Waals surface area contributed by atoms with Crippen LogP contribution in [0.15, 0.2) is 70.6 Å². The first-order chi connectivity index (χ1) is 13.6. The number of aliphatic imine (C=N–C) groups is 1. The molecule has 3 aromatic carbocycles. The summed E-state index contributed by atoms with van der Waals surface area (Å²) in [5.74, 6) is 0.270. The van der Waals surface area contributed by atoms with Crippen LogP contribution in [0.2, 0.25) is 0 Å². The highest BCUT2D eigenvalue weighted by atomic mass is 32.2. The van der Waals surface area contributed by atoms with Gasteiger partial charge in [-0.1, -0.05) is 36.4 Å². The Morgan fingerprint density at radius 2 is 1.93 bits per heavy atom. The average molecular weight is 390 g/mol. The van der Waals surface area contributed by atoms with E-state index in [9.17, 15) is 9.90 Å². The molecule has 0 atom stereocenters. The first kappa shape index (κ1) is 18.1. The lowest BCUT2D eigenvalue weighted by molar-refractivity contribution is -0.115. The fourth-order valence-electron chi connectivity index (χ4n) is 2.89. The van der Waals surface area contributed by atoms with E-state index >= 15 is 0 Å². The Labute approximate surface area is 166 Å². The van der Waals surface area contributed by atoms with Gasteiger partial charge in [-0.25, -0.2) is 4.99 Å². The number of rotatable bonds is 4. The zero-order valence-electron chi connectivity index (χ0n) is 15.2. The first-order valence-corrected chi connectivity index (χ1v) is 9.68. The van der Waals surface area contributed by atoms with Crippen molar-refractivity contribution in [2.45, 2.75) is 6.92 Å². The molecule has 140 valence electrons. The maximum Gasteiger partial charge on any atom is 0.264 e. The fraction of sp³-hybridized carbons (Fsp3) is 0.0909. The summed E-state index contributed by atoms with van der Waals surface area (Å²) in [6.07, 6.45) is 1.75. The van der Waals surface area contributed by atoms with E-state index in [1.54, 1.807) is 24.3 Å². The standard InChI is InChI=1S/C22H18N2O3S/c1-2-27-19-11-14(7-10-18(19)25)12-20-21(26)24-22(28-20)23-17-9-8-15-5-3-4-6-16(15)13-17/h3-13,25H,2H2,1H3,(H,23,24,26)/b20-12-. The van der Waals surface area contributed by atoms with Gasteiger partial charge in [-0.3, -0.25) is 4.79 Å². The molecule has 1 aliphatic heterocycles. The highest BCUT2D eigenvalue weighted by Crippen LogP contribution is 2.32. The van der Waals surface area contributed by atoms with Crippen LogP contribution in [0.1, 0.15) is 12.5 Å². The second-order valence-electron chi connectivity index (χ2n) is 6.17. The SMILES string of the molecule is CCOc1cc(/C=C2\SC(=Nc3ccc4ccccc4c3)NC2=O)ccc1O. The van der Waals surface area contributed by atoms with Crippen molar-refractivity contribution in [2.75, 3.05) is 6.61 Å². The molecule has 5 nitrogen and oxygen atoms in total. The van der Waals surface area contributed by atoms with Gasteiger partial charge < -0.3 is 15.2 Å². The Hall–Kier alpha value is -3.25. The third kappa shape index (κ3) is 3.87. The maximum atomic E-state index is 12.3. The molecule has 0 radical (unpaired) electrons. The van der Waals surface area contributed by atoms with E-state index in [1.807, 2.05) is 49.4 Å². The zero-order valence-corrected chi connectivity index (χ0v) is 16.0. The zero-order chi connectivity index (χ0) is 19.5. The topological polar surface area (TPSA) is 70.9 Å². The Bertz CT molecular complexity index is 1120. The normalized spacial score (nSPS) is 16.7. The molecule has 3 aromatic rings. The highest BCUT2D eigenvalue weighted by molar-refractivity contribution is 8.18. The van der Waals surface area contributed by atoms with Crippen molar-refractivity contribution in [2.24, 2.45) is 4.99 Å². The Balaban J connectivity index is 1.58. The number of amides is 1. The summed E-state index contributed by atoms with van der Waals surface area (Å²) in [6, 6.07) is 19.0. The van der Waals surface area contributed by atoms with Gasteiger partial charge in [0, 0.05) is 0 Å². The minimum Gasteiger partial charge on any atom is -0.504 e. The number of benzene rings is 3. The number of hydrogen-bond donors (Lipinski definition) is 2. The highest BCUT2D eigenvalue weighted by Gasteiger charge is 2.24. The minimum absolute atomic E-state index is 0.0751. The number of carbonyl (C=O) groups excluding carboxylic acids is 1. The van der Waals surface area contributed by atoms with Crippen molar-refractivity contribution in [3.8, 4) is 11.5 Å². The molecule has 0 unspecified atom stereocenters. The van der Waals surface area contributed by atoms with Crippen LogP contribution in [-0.4, -0.2) is 22.8 Å². The van der Waals surface area contributed by atoms with Crippen LogP contribution >= 0.6 is 11.8 Å². The number of amidine groups is 1. The number of carbonyl (C=O) groups is 1. The van der Waals surface area contributed by atoms with Gasteiger partial charge in [0.25, 0.3) is 5.91 Å². The predicted molar refractivity (Wildman–Crippen MR) is 114 cm³/mol. The molecule has 2 N–H and O–H groups in total. The predicted octanol–water partition coefficient (Wildman–Crippen LogP) is 4.84. The molecular weight excluding hydrogens is 372 g/mol. The maximum absolute atomic E-state index is 12.3. The molecule has 0 aromatic heterocycles. The molecule has 4 rings (SSSR count). The second-order valence-corrected chi connectivity index (χ2v) is 7.20. The monoisotopic (exact) mass is 390 g/mol.